The number of pyridine rings is 1. The van der Waals surface area contributed by atoms with Gasteiger partial charge in [0.1, 0.15) is 11.6 Å². The third-order valence-electron chi connectivity index (χ3n) is 1.88. The second kappa shape index (κ2) is 4.49. The SMILES string of the molecule is Nc1cc(F)ccc1Oc1cncc(Br)c1. The lowest BCUT2D eigenvalue weighted by atomic mass is 10.3. The molecule has 0 unspecified atom stereocenters. The van der Waals surface area contributed by atoms with Crippen molar-refractivity contribution in [2.24, 2.45) is 0 Å². The van der Waals surface area contributed by atoms with Crippen molar-refractivity contribution in [3.63, 3.8) is 0 Å². The summed E-state index contributed by atoms with van der Waals surface area (Å²) in [7, 11) is 0. The van der Waals surface area contributed by atoms with Crippen LogP contribution in [0.3, 0.4) is 0 Å². The summed E-state index contributed by atoms with van der Waals surface area (Å²) in [5.74, 6) is 0.547. The number of hydrogen-bond donors (Lipinski definition) is 1. The first-order chi connectivity index (χ1) is 7.65. The Bertz CT molecular complexity index is 519. The number of hydrogen-bond acceptors (Lipinski definition) is 3. The second-order valence-corrected chi connectivity index (χ2v) is 4.04. The molecule has 0 fully saturated rings. The van der Waals surface area contributed by atoms with Crippen LogP contribution in [0.15, 0.2) is 41.1 Å². The molecule has 0 atom stereocenters. The molecule has 1 aromatic carbocycles. The normalized spacial score (nSPS) is 10.1. The Morgan fingerprint density at radius 3 is 2.75 bits per heavy atom. The largest absolute Gasteiger partial charge is 0.454 e. The van der Waals surface area contributed by atoms with Gasteiger partial charge in [-0.05, 0) is 34.1 Å². The lowest BCUT2D eigenvalue weighted by Gasteiger charge is -2.07. The molecule has 1 aromatic heterocycles. The van der Waals surface area contributed by atoms with Crippen molar-refractivity contribution < 1.29 is 9.13 Å². The molecule has 2 N–H and O–H groups in total. The molecule has 82 valence electrons. The third kappa shape index (κ3) is 2.49. The van der Waals surface area contributed by atoms with E-state index in [1.807, 2.05) is 0 Å². The van der Waals surface area contributed by atoms with E-state index in [1.165, 1.54) is 18.2 Å². The number of halogens is 2. The fourth-order valence-corrected chi connectivity index (χ4v) is 1.53. The zero-order valence-electron chi connectivity index (χ0n) is 8.15. The van der Waals surface area contributed by atoms with Crippen molar-refractivity contribution in [3.8, 4) is 11.5 Å². The highest BCUT2D eigenvalue weighted by molar-refractivity contribution is 9.10. The Hall–Kier alpha value is -1.62. The van der Waals surface area contributed by atoms with E-state index >= 15 is 0 Å². The minimum atomic E-state index is -0.391. The van der Waals surface area contributed by atoms with Crippen LogP contribution < -0.4 is 10.5 Å². The number of aromatic nitrogens is 1. The molecule has 0 saturated carbocycles. The molecule has 16 heavy (non-hydrogen) atoms. The first-order valence-corrected chi connectivity index (χ1v) is 5.28. The van der Waals surface area contributed by atoms with Gasteiger partial charge in [-0.25, -0.2) is 4.39 Å². The smallest absolute Gasteiger partial charge is 0.150 e. The molecule has 5 heteroatoms. The molecule has 0 bridgehead atoms. The summed E-state index contributed by atoms with van der Waals surface area (Å²) in [6.07, 6.45) is 3.19. The standard InChI is InChI=1S/C11H8BrFN2O/c12-7-3-9(6-15-5-7)16-11-2-1-8(13)4-10(11)14/h1-6H,14H2. The summed E-state index contributed by atoms with van der Waals surface area (Å²) in [5, 5.41) is 0. The van der Waals surface area contributed by atoms with Gasteiger partial charge in [0.05, 0.1) is 11.9 Å². The molecule has 0 amide bonds. The number of ether oxygens (including phenoxy) is 1. The molecule has 0 aliphatic rings. The highest BCUT2D eigenvalue weighted by atomic mass is 79.9. The zero-order valence-corrected chi connectivity index (χ0v) is 9.74. The molecule has 1 heterocycles. The Morgan fingerprint density at radius 2 is 2.06 bits per heavy atom. The fourth-order valence-electron chi connectivity index (χ4n) is 1.19. The predicted octanol–water partition coefficient (Wildman–Crippen LogP) is 3.36. The van der Waals surface area contributed by atoms with E-state index in [-0.39, 0.29) is 5.69 Å². The first-order valence-electron chi connectivity index (χ1n) is 4.48. The highest BCUT2D eigenvalue weighted by Crippen LogP contribution is 2.28. The van der Waals surface area contributed by atoms with Gasteiger partial charge in [0.25, 0.3) is 0 Å². The van der Waals surface area contributed by atoms with Crippen molar-refractivity contribution in [2.75, 3.05) is 5.73 Å². The number of benzene rings is 1. The van der Waals surface area contributed by atoms with E-state index in [4.69, 9.17) is 10.5 Å². The van der Waals surface area contributed by atoms with E-state index in [9.17, 15) is 4.39 Å². The first kappa shape index (κ1) is 10.9. The van der Waals surface area contributed by atoms with Crippen LogP contribution in [0.2, 0.25) is 0 Å². The Labute approximate surface area is 100 Å². The van der Waals surface area contributed by atoms with E-state index in [2.05, 4.69) is 20.9 Å². The van der Waals surface area contributed by atoms with Gasteiger partial charge in [-0.3, -0.25) is 4.98 Å². The van der Waals surface area contributed by atoms with Crippen LogP contribution >= 0.6 is 15.9 Å². The van der Waals surface area contributed by atoms with Crippen LogP contribution in [-0.2, 0) is 0 Å². The van der Waals surface area contributed by atoms with Gasteiger partial charge >= 0.3 is 0 Å². The van der Waals surface area contributed by atoms with Crippen LogP contribution in [0, 0.1) is 5.82 Å². The van der Waals surface area contributed by atoms with Gasteiger partial charge in [-0.1, -0.05) is 0 Å². The molecule has 0 aliphatic carbocycles. The van der Waals surface area contributed by atoms with Crippen molar-refractivity contribution in [1.82, 2.24) is 4.98 Å². The topological polar surface area (TPSA) is 48.1 Å². The van der Waals surface area contributed by atoms with E-state index in [0.29, 0.717) is 11.5 Å². The average Bonchev–Trinajstić information content (AvgIpc) is 2.22. The number of nitrogens with two attached hydrogens (primary N) is 1. The highest BCUT2D eigenvalue weighted by Gasteiger charge is 2.04. The summed E-state index contributed by atoms with van der Waals surface area (Å²) < 4.78 is 19.1. The Balaban J connectivity index is 2.27. The van der Waals surface area contributed by atoms with Gasteiger partial charge in [0.2, 0.25) is 0 Å². The summed E-state index contributed by atoms with van der Waals surface area (Å²) in [6, 6.07) is 5.72. The maximum atomic E-state index is 12.8. The number of nitrogens with zero attached hydrogens (tertiary/aromatic N) is 1. The minimum Gasteiger partial charge on any atom is -0.454 e. The molecule has 0 saturated heterocycles. The van der Waals surface area contributed by atoms with Crippen molar-refractivity contribution >= 4 is 21.6 Å². The molecule has 0 spiro atoms. The van der Waals surface area contributed by atoms with Gasteiger partial charge in [-0.15, -0.1) is 0 Å². The van der Waals surface area contributed by atoms with Crippen LogP contribution in [0.4, 0.5) is 10.1 Å². The minimum absolute atomic E-state index is 0.250. The van der Waals surface area contributed by atoms with E-state index < -0.39 is 5.82 Å². The van der Waals surface area contributed by atoms with Gasteiger partial charge in [0, 0.05) is 16.7 Å². The van der Waals surface area contributed by atoms with Crippen LogP contribution in [0.25, 0.3) is 0 Å². The second-order valence-electron chi connectivity index (χ2n) is 3.12. The summed E-state index contributed by atoms with van der Waals surface area (Å²) >= 11 is 3.27. The van der Waals surface area contributed by atoms with Crippen LogP contribution in [0.5, 0.6) is 11.5 Å². The fraction of sp³-hybridized carbons (Fsp3) is 0. The van der Waals surface area contributed by atoms with Gasteiger partial charge < -0.3 is 10.5 Å². The Morgan fingerprint density at radius 1 is 1.25 bits per heavy atom. The van der Waals surface area contributed by atoms with Gasteiger partial charge in [-0.2, -0.15) is 0 Å². The summed E-state index contributed by atoms with van der Waals surface area (Å²) in [4.78, 5) is 3.94. The van der Waals surface area contributed by atoms with Crippen molar-refractivity contribution in [2.45, 2.75) is 0 Å². The molecule has 0 radical (unpaired) electrons. The summed E-state index contributed by atoms with van der Waals surface area (Å²) in [5.41, 5.74) is 5.86. The molecule has 3 nitrogen and oxygen atoms in total. The molecular formula is C11H8BrFN2O. The number of anilines is 1. The monoisotopic (exact) mass is 282 g/mol. The van der Waals surface area contributed by atoms with Crippen molar-refractivity contribution in [3.05, 3.63) is 46.9 Å². The quantitative estimate of drug-likeness (QED) is 0.860. The average molecular weight is 283 g/mol. The zero-order chi connectivity index (χ0) is 11.5. The number of nitrogen functional groups attached to an aromatic ring is 1. The molecule has 2 aromatic rings. The van der Waals surface area contributed by atoms with Crippen LogP contribution in [-0.4, -0.2) is 4.98 Å². The lowest BCUT2D eigenvalue weighted by Crippen LogP contribution is -1.93. The summed E-state index contributed by atoms with van der Waals surface area (Å²) in [6.45, 7) is 0. The molecule has 2 rings (SSSR count). The predicted molar refractivity (Wildman–Crippen MR) is 62.8 cm³/mol. The maximum absolute atomic E-state index is 12.8. The van der Waals surface area contributed by atoms with Crippen LogP contribution in [0.1, 0.15) is 0 Å². The maximum Gasteiger partial charge on any atom is 0.150 e. The van der Waals surface area contributed by atoms with Crippen molar-refractivity contribution in [1.29, 1.82) is 0 Å². The van der Waals surface area contributed by atoms with E-state index in [1.54, 1.807) is 18.5 Å². The van der Waals surface area contributed by atoms with Gasteiger partial charge in [0.15, 0.2) is 5.75 Å². The molecule has 0 aliphatic heterocycles. The lowest BCUT2D eigenvalue weighted by molar-refractivity contribution is 0.480. The van der Waals surface area contributed by atoms with E-state index in [0.717, 1.165) is 4.47 Å². The molecular weight excluding hydrogens is 275 g/mol. The Kier molecular flexibility index (Phi) is 3.05. The number of rotatable bonds is 2. The third-order valence-corrected chi connectivity index (χ3v) is 2.31.